The monoisotopic (exact) mass is 300 g/mol. The van der Waals surface area contributed by atoms with Crippen LogP contribution in [0.3, 0.4) is 0 Å². The van der Waals surface area contributed by atoms with Gasteiger partial charge < -0.3 is 5.32 Å². The molecule has 1 atom stereocenters. The fraction of sp³-hybridized carbons (Fsp3) is 0.632. The molecular formula is C19H28N2O. The van der Waals surface area contributed by atoms with Crippen LogP contribution in [0.5, 0.6) is 0 Å². The van der Waals surface area contributed by atoms with Crippen LogP contribution in [0.2, 0.25) is 0 Å². The second-order valence-corrected chi connectivity index (χ2v) is 6.81. The number of hydrogen-bond donors (Lipinski definition) is 1. The summed E-state index contributed by atoms with van der Waals surface area (Å²) >= 11 is 0. The highest BCUT2D eigenvalue weighted by Gasteiger charge is 2.22. The number of carbonyl (C=O) groups excluding carboxylic acids is 1. The zero-order chi connectivity index (χ0) is 15.4. The number of anilines is 1. The van der Waals surface area contributed by atoms with Gasteiger partial charge in [-0.2, -0.15) is 0 Å². The highest BCUT2D eigenvalue weighted by molar-refractivity contribution is 5.94. The maximum absolute atomic E-state index is 12.6. The zero-order valence-electron chi connectivity index (χ0n) is 13.7. The van der Waals surface area contributed by atoms with Crippen molar-refractivity contribution in [3.8, 4) is 0 Å². The lowest BCUT2D eigenvalue weighted by Crippen LogP contribution is -2.43. The van der Waals surface area contributed by atoms with Crippen molar-refractivity contribution in [2.45, 2.75) is 64.3 Å². The van der Waals surface area contributed by atoms with Crippen LogP contribution in [0.4, 0.5) is 5.69 Å². The summed E-state index contributed by atoms with van der Waals surface area (Å²) in [6.45, 7) is 4.15. The van der Waals surface area contributed by atoms with E-state index in [0.29, 0.717) is 0 Å². The van der Waals surface area contributed by atoms with Crippen molar-refractivity contribution in [3.63, 3.8) is 0 Å². The van der Waals surface area contributed by atoms with Gasteiger partial charge in [0.25, 0.3) is 0 Å². The number of hydrogen-bond acceptors (Lipinski definition) is 2. The third-order valence-electron chi connectivity index (χ3n) is 5.18. The summed E-state index contributed by atoms with van der Waals surface area (Å²) in [6.07, 6.45) is 9.98. The molecular weight excluding hydrogens is 272 g/mol. The number of rotatable bonds is 3. The summed E-state index contributed by atoms with van der Waals surface area (Å²) in [5.41, 5.74) is 3.83. The second kappa shape index (κ2) is 7.28. The van der Waals surface area contributed by atoms with Crippen LogP contribution in [0.25, 0.3) is 0 Å². The van der Waals surface area contributed by atoms with Gasteiger partial charge in [0, 0.05) is 5.69 Å². The van der Waals surface area contributed by atoms with E-state index in [1.807, 2.05) is 6.92 Å². The Balaban J connectivity index is 1.60. The van der Waals surface area contributed by atoms with Crippen LogP contribution < -0.4 is 5.32 Å². The van der Waals surface area contributed by atoms with Crippen molar-refractivity contribution in [2.75, 3.05) is 18.4 Å². The lowest BCUT2D eigenvalue weighted by Gasteiger charge is -2.29. The summed E-state index contributed by atoms with van der Waals surface area (Å²) in [6, 6.07) is 6.37. The van der Waals surface area contributed by atoms with Gasteiger partial charge in [0.2, 0.25) is 5.91 Å². The lowest BCUT2D eigenvalue weighted by molar-refractivity contribution is -0.120. The summed E-state index contributed by atoms with van der Waals surface area (Å²) in [7, 11) is 0. The molecule has 3 nitrogen and oxygen atoms in total. The molecule has 2 aliphatic rings. The van der Waals surface area contributed by atoms with Crippen molar-refractivity contribution in [1.82, 2.24) is 4.90 Å². The first-order valence-corrected chi connectivity index (χ1v) is 8.91. The molecule has 0 aromatic heterocycles. The van der Waals surface area contributed by atoms with E-state index in [4.69, 9.17) is 0 Å². The molecule has 3 rings (SSSR count). The molecule has 0 spiro atoms. The van der Waals surface area contributed by atoms with E-state index in [1.54, 1.807) is 0 Å². The first-order valence-electron chi connectivity index (χ1n) is 8.91. The van der Waals surface area contributed by atoms with Crippen LogP contribution in [0, 0.1) is 0 Å². The number of fused-ring (bicyclic) bond motifs is 1. The van der Waals surface area contributed by atoms with Gasteiger partial charge in [0.15, 0.2) is 0 Å². The Hall–Kier alpha value is -1.35. The molecule has 120 valence electrons. The third kappa shape index (κ3) is 3.70. The number of aryl methyl sites for hydroxylation is 2. The largest absolute Gasteiger partial charge is 0.325 e. The Kier molecular flexibility index (Phi) is 5.14. The first-order chi connectivity index (χ1) is 10.7. The maximum atomic E-state index is 12.6. The molecule has 0 saturated carbocycles. The minimum atomic E-state index is -0.0358. The molecule has 1 heterocycles. The Morgan fingerprint density at radius 3 is 2.45 bits per heavy atom. The average molecular weight is 300 g/mol. The second-order valence-electron chi connectivity index (χ2n) is 6.81. The van der Waals surface area contributed by atoms with Gasteiger partial charge in [-0.15, -0.1) is 0 Å². The van der Waals surface area contributed by atoms with Crippen molar-refractivity contribution in [1.29, 1.82) is 0 Å². The summed E-state index contributed by atoms with van der Waals surface area (Å²) in [5.74, 6) is 0.138. The quantitative estimate of drug-likeness (QED) is 0.921. The van der Waals surface area contributed by atoms with E-state index in [0.717, 1.165) is 25.2 Å². The van der Waals surface area contributed by atoms with Crippen molar-refractivity contribution >= 4 is 11.6 Å². The highest BCUT2D eigenvalue weighted by atomic mass is 16.2. The minimum absolute atomic E-state index is 0.0358. The first kappa shape index (κ1) is 15.5. The number of nitrogens with zero attached hydrogens (tertiary/aromatic N) is 1. The fourth-order valence-electron chi connectivity index (χ4n) is 3.72. The van der Waals surface area contributed by atoms with Crippen molar-refractivity contribution in [3.05, 3.63) is 29.3 Å². The number of amides is 1. The van der Waals surface area contributed by atoms with Crippen LogP contribution in [0.15, 0.2) is 18.2 Å². The molecule has 1 aromatic rings. The van der Waals surface area contributed by atoms with Crippen LogP contribution >= 0.6 is 0 Å². The molecule has 0 bridgehead atoms. The molecule has 22 heavy (non-hydrogen) atoms. The van der Waals surface area contributed by atoms with Crippen molar-refractivity contribution < 1.29 is 4.79 Å². The minimum Gasteiger partial charge on any atom is -0.325 e. The average Bonchev–Trinajstić information content (AvgIpc) is 2.94. The Morgan fingerprint density at radius 1 is 1.00 bits per heavy atom. The van der Waals surface area contributed by atoms with Crippen molar-refractivity contribution in [2.24, 2.45) is 0 Å². The molecule has 3 heteroatoms. The Labute approximate surface area is 134 Å². The lowest BCUT2D eigenvalue weighted by atomic mass is 10.1. The maximum Gasteiger partial charge on any atom is 0.241 e. The standard InChI is InChI=1S/C19H28N2O/c1-15(21-12-5-3-2-4-6-13-21)19(22)20-18-11-10-16-8-7-9-17(16)14-18/h10-11,14-15H,2-9,12-13H2,1H3,(H,20,22)/t15-/m0/s1. The summed E-state index contributed by atoms with van der Waals surface area (Å²) < 4.78 is 0. The molecule has 0 radical (unpaired) electrons. The van der Waals surface area contributed by atoms with Gasteiger partial charge in [-0.3, -0.25) is 9.69 Å². The highest BCUT2D eigenvalue weighted by Crippen LogP contribution is 2.25. The SMILES string of the molecule is C[C@@H](C(=O)Nc1ccc2c(c1)CCC2)N1CCCCCCC1. The fourth-order valence-corrected chi connectivity index (χ4v) is 3.72. The van der Waals surface area contributed by atoms with E-state index >= 15 is 0 Å². The van der Waals surface area contributed by atoms with Crippen LogP contribution in [-0.2, 0) is 17.6 Å². The van der Waals surface area contributed by atoms with Gasteiger partial charge in [-0.1, -0.05) is 25.3 Å². The number of benzene rings is 1. The molecule has 1 fully saturated rings. The van der Waals surface area contributed by atoms with E-state index < -0.39 is 0 Å². The number of likely N-dealkylation sites (tertiary alicyclic amines) is 1. The molecule has 0 unspecified atom stereocenters. The van der Waals surface area contributed by atoms with Gasteiger partial charge >= 0.3 is 0 Å². The molecule has 1 aliphatic carbocycles. The molecule has 1 amide bonds. The third-order valence-corrected chi connectivity index (χ3v) is 5.18. The zero-order valence-corrected chi connectivity index (χ0v) is 13.7. The summed E-state index contributed by atoms with van der Waals surface area (Å²) in [5, 5.41) is 3.12. The molecule has 1 aromatic carbocycles. The predicted molar refractivity (Wildman–Crippen MR) is 91.2 cm³/mol. The van der Waals surface area contributed by atoms with E-state index in [2.05, 4.69) is 28.4 Å². The Bertz CT molecular complexity index is 518. The number of carbonyl (C=O) groups is 1. The van der Waals surface area contributed by atoms with E-state index in [9.17, 15) is 4.79 Å². The van der Waals surface area contributed by atoms with Gasteiger partial charge in [-0.05, 0) is 75.4 Å². The molecule has 1 aliphatic heterocycles. The Morgan fingerprint density at radius 2 is 1.68 bits per heavy atom. The number of nitrogens with one attached hydrogen (secondary N) is 1. The van der Waals surface area contributed by atoms with E-state index in [1.165, 1.54) is 56.1 Å². The van der Waals surface area contributed by atoms with Gasteiger partial charge in [0.1, 0.15) is 0 Å². The molecule has 1 N–H and O–H groups in total. The topological polar surface area (TPSA) is 32.3 Å². The molecule has 1 saturated heterocycles. The van der Waals surface area contributed by atoms with E-state index in [-0.39, 0.29) is 11.9 Å². The van der Waals surface area contributed by atoms with Crippen LogP contribution in [0.1, 0.15) is 56.6 Å². The normalized spacial score (nSPS) is 20.8. The smallest absolute Gasteiger partial charge is 0.241 e. The van der Waals surface area contributed by atoms with Crippen LogP contribution in [-0.4, -0.2) is 29.9 Å². The predicted octanol–water partition coefficient (Wildman–Crippen LogP) is 3.77. The van der Waals surface area contributed by atoms with Gasteiger partial charge in [-0.25, -0.2) is 0 Å². The summed E-state index contributed by atoms with van der Waals surface area (Å²) in [4.78, 5) is 14.9. The van der Waals surface area contributed by atoms with Gasteiger partial charge in [0.05, 0.1) is 6.04 Å².